The summed E-state index contributed by atoms with van der Waals surface area (Å²) in [5.74, 6) is -0.368. The summed E-state index contributed by atoms with van der Waals surface area (Å²) in [6.45, 7) is 3.26. The Kier molecular flexibility index (Phi) is 4.14. The highest BCUT2D eigenvalue weighted by Crippen LogP contribution is 2.31. The summed E-state index contributed by atoms with van der Waals surface area (Å²) < 4.78 is 0. The van der Waals surface area contributed by atoms with Gasteiger partial charge in [0.15, 0.2) is 10.9 Å². The van der Waals surface area contributed by atoms with Gasteiger partial charge in [0.1, 0.15) is 15.6 Å². The lowest BCUT2D eigenvalue weighted by Crippen LogP contribution is -2.11. The first kappa shape index (κ1) is 15.0. The van der Waals surface area contributed by atoms with Gasteiger partial charge in [0.25, 0.3) is 5.91 Å². The third-order valence-electron chi connectivity index (χ3n) is 2.82. The number of rotatable bonds is 4. The fraction of sp³-hybridized carbons (Fsp3) is 0.143. The van der Waals surface area contributed by atoms with Crippen LogP contribution in [0.1, 0.15) is 32.8 Å². The molecule has 3 aromatic rings. The second-order valence-corrected chi connectivity index (χ2v) is 7.26. The van der Waals surface area contributed by atoms with Crippen LogP contribution in [0.4, 0.5) is 5.13 Å². The molecule has 0 aliphatic carbocycles. The zero-order chi connectivity index (χ0) is 15.7. The molecule has 3 rings (SSSR count). The van der Waals surface area contributed by atoms with E-state index in [1.807, 2.05) is 24.4 Å². The summed E-state index contributed by atoms with van der Waals surface area (Å²) in [5, 5.41) is 7.59. The van der Waals surface area contributed by atoms with Crippen molar-refractivity contribution in [3.63, 3.8) is 0 Å². The van der Waals surface area contributed by atoms with Crippen molar-refractivity contribution in [2.45, 2.75) is 13.8 Å². The molecule has 0 aliphatic heterocycles. The number of hydrogen-bond acceptors (Lipinski definition) is 7. The number of anilines is 1. The fourth-order valence-electron chi connectivity index (χ4n) is 1.76. The molecule has 3 aromatic heterocycles. The minimum atomic E-state index is -0.248. The number of thiophene rings is 1. The smallest absolute Gasteiger partial charge is 0.269 e. The second kappa shape index (κ2) is 6.07. The van der Waals surface area contributed by atoms with E-state index in [2.05, 4.69) is 15.3 Å². The predicted octanol–water partition coefficient (Wildman–Crippen LogP) is 4.09. The standard InChI is InChI=1S/C14H11N3O2S3/c1-7-11(22-13(15-7)10-4-3-5-20-10)12(19)17-14-16-9(6-21-14)8(2)18/h3-6H,1-2H3,(H,16,17,19). The van der Waals surface area contributed by atoms with Crippen LogP contribution in [0.2, 0.25) is 0 Å². The number of thiazole rings is 2. The van der Waals surface area contributed by atoms with Gasteiger partial charge < -0.3 is 0 Å². The maximum atomic E-state index is 12.3. The summed E-state index contributed by atoms with van der Waals surface area (Å²) >= 11 is 4.18. The van der Waals surface area contributed by atoms with Crippen LogP contribution >= 0.6 is 34.0 Å². The number of amides is 1. The zero-order valence-corrected chi connectivity index (χ0v) is 14.2. The molecule has 0 saturated heterocycles. The van der Waals surface area contributed by atoms with E-state index < -0.39 is 0 Å². The van der Waals surface area contributed by atoms with Crippen LogP contribution in [0.25, 0.3) is 9.88 Å². The van der Waals surface area contributed by atoms with Crippen LogP contribution in [0, 0.1) is 6.92 Å². The van der Waals surface area contributed by atoms with E-state index >= 15 is 0 Å². The monoisotopic (exact) mass is 349 g/mol. The third kappa shape index (κ3) is 2.99. The molecule has 5 nitrogen and oxygen atoms in total. The van der Waals surface area contributed by atoms with Crippen molar-refractivity contribution in [1.29, 1.82) is 0 Å². The lowest BCUT2D eigenvalue weighted by molar-refractivity contribution is 0.100. The number of aryl methyl sites for hydroxylation is 1. The van der Waals surface area contributed by atoms with E-state index in [9.17, 15) is 9.59 Å². The van der Waals surface area contributed by atoms with E-state index in [0.717, 1.165) is 9.88 Å². The number of aromatic nitrogens is 2. The Morgan fingerprint density at radius 2 is 2.05 bits per heavy atom. The highest BCUT2D eigenvalue weighted by atomic mass is 32.1. The van der Waals surface area contributed by atoms with Crippen molar-refractivity contribution < 1.29 is 9.59 Å². The molecule has 112 valence electrons. The average Bonchev–Trinajstić information content (AvgIpc) is 3.16. The average molecular weight is 349 g/mol. The van der Waals surface area contributed by atoms with Crippen molar-refractivity contribution in [3.05, 3.63) is 39.2 Å². The molecule has 22 heavy (non-hydrogen) atoms. The number of ketones is 1. The van der Waals surface area contributed by atoms with Gasteiger partial charge in [-0.3, -0.25) is 14.9 Å². The number of hydrogen-bond donors (Lipinski definition) is 1. The van der Waals surface area contributed by atoms with Crippen LogP contribution in [-0.4, -0.2) is 21.7 Å². The van der Waals surface area contributed by atoms with E-state index in [1.54, 1.807) is 16.7 Å². The minimum Gasteiger partial charge on any atom is -0.297 e. The number of carbonyl (C=O) groups is 2. The Morgan fingerprint density at radius 3 is 2.68 bits per heavy atom. The van der Waals surface area contributed by atoms with Gasteiger partial charge in [-0.1, -0.05) is 6.07 Å². The lowest BCUT2D eigenvalue weighted by atomic mass is 10.3. The molecule has 8 heteroatoms. The van der Waals surface area contributed by atoms with Crippen LogP contribution < -0.4 is 5.32 Å². The second-order valence-electron chi connectivity index (χ2n) is 4.46. The third-order valence-corrected chi connectivity index (χ3v) is 5.77. The van der Waals surface area contributed by atoms with E-state index in [4.69, 9.17) is 0 Å². The summed E-state index contributed by atoms with van der Waals surface area (Å²) in [6, 6.07) is 3.93. The molecule has 0 spiro atoms. The van der Waals surface area contributed by atoms with Crippen LogP contribution in [0.5, 0.6) is 0 Å². The fourth-order valence-corrected chi connectivity index (χ4v) is 4.26. The molecule has 3 heterocycles. The maximum Gasteiger partial charge on any atom is 0.269 e. The molecule has 0 aliphatic rings. The molecule has 0 radical (unpaired) electrons. The van der Waals surface area contributed by atoms with Gasteiger partial charge in [-0.15, -0.1) is 34.0 Å². The molecular formula is C14H11N3O2S3. The Labute approximate surface area is 138 Å². The van der Waals surface area contributed by atoms with Gasteiger partial charge in [-0.2, -0.15) is 0 Å². The van der Waals surface area contributed by atoms with Crippen molar-refractivity contribution in [2.24, 2.45) is 0 Å². The molecular weight excluding hydrogens is 338 g/mol. The molecule has 0 saturated carbocycles. The number of carbonyl (C=O) groups excluding carboxylic acids is 2. The van der Waals surface area contributed by atoms with Crippen molar-refractivity contribution in [2.75, 3.05) is 5.32 Å². The largest absolute Gasteiger partial charge is 0.297 e. The van der Waals surface area contributed by atoms with Crippen LogP contribution in [0.3, 0.4) is 0 Å². The number of nitrogens with zero attached hydrogens (tertiary/aromatic N) is 2. The first-order valence-electron chi connectivity index (χ1n) is 6.33. The van der Waals surface area contributed by atoms with Crippen molar-refractivity contribution in [3.8, 4) is 9.88 Å². The maximum absolute atomic E-state index is 12.3. The number of Topliss-reactive ketones (excluding diaryl/α,β-unsaturated/α-hetero) is 1. The lowest BCUT2D eigenvalue weighted by Gasteiger charge is -1.98. The van der Waals surface area contributed by atoms with Crippen LogP contribution in [0.15, 0.2) is 22.9 Å². The first-order chi connectivity index (χ1) is 10.5. The van der Waals surface area contributed by atoms with E-state index in [-0.39, 0.29) is 11.7 Å². The topological polar surface area (TPSA) is 72.0 Å². The first-order valence-corrected chi connectivity index (χ1v) is 8.91. The summed E-state index contributed by atoms with van der Waals surface area (Å²) in [4.78, 5) is 33.7. The van der Waals surface area contributed by atoms with Gasteiger partial charge in [0.05, 0.1) is 10.6 Å². The SMILES string of the molecule is CC(=O)c1csc(NC(=O)c2sc(-c3cccs3)nc2C)n1. The molecule has 1 N–H and O–H groups in total. The van der Waals surface area contributed by atoms with E-state index in [1.165, 1.54) is 29.6 Å². The van der Waals surface area contributed by atoms with Gasteiger partial charge >= 0.3 is 0 Å². The molecule has 0 fully saturated rings. The van der Waals surface area contributed by atoms with Crippen molar-refractivity contribution >= 4 is 50.8 Å². The molecule has 0 aromatic carbocycles. The minimum absolute atomic E-state index is 0.120. The molecule has 0 atom stereocenters. The summed E-state index contributed by atoms with van der Waals surface area (Å²) in [5.41, 5.74) is 1.05. The van der Waals surface area contributed by atoms with Gasteiger partial charge in [0, 0.05) is 12.3 Å². The van der Waals surface area contributed by atoms with Crippen molar-refractivity contribution in [1.82, 2.24) is 9.97 Å². The zero-order valence-electron chi connectivity index (χ0n) is 11.7. The Morgan fingerprint density at radius 1 is 1.23 bits per heavy atom. The molecule has 0 bridgehead atoms. The summed E-state index contributed by atoms with van der Waals surface area (Å²) in [6.07, 6.45) is 0. The van der Waals surface area contributed by atoms with Gasteiger partial charge in [0.2, 0.25) is 0 Å². The van der Waals surface area contributed by atoms with E-state index in [0.29, 0.717) is 21.4 Å². The Bertz CT molecular complexity index is 834. The van der Waals surface area contributed by atoms with Gasteiger partial charge in [-0.25, -0.2) is 9.97 Å². The summed E-state index contributed by atoms with van der Waals surface area (Å²) in [7, 11) is 0. The van der Waals surface area contributed by atoms with Gasteiger partial charge in [-0.05, 0) is 18.4 Å². The molecule has 1 amide bonds. The quantitative estimate of drug-likeness (QED) is 0.720. The predicted molar refractivity (Wildman–Crippen MR) is 90.2 cm³/mol. The Balaban J connectivity index is 1.81. The highest BCUT2D eigenvalue weighted by Gasteiger charge is 2.18. The van der Waals surface area contributed by atoms with Crippen LogP contribution in [-0.2, 0) is 0 Å². The Hall–Kier alpha value is -1.90. The molecule has 0 unspecified atom stereocenters. The highest BCUT2D eigenvalue weighted by molar-refractivity contribution is 7.22. The number of nitrogens with one attached hydrogen (secondary N) is 1. The normalized spacial score (nSPS) is 10.6.